The number of esters is 2. The molecule has 0 spiro atoms. The van der Waals surface area contributed by atoms with Crippen LogP contribution < -0.4 is 0 Å². The fourth-order valence-electron chi connectivity index (χ4n) is 4.53. The molecule has 0 aliphatic carbocycles. The number of thiocarbonyl (C=S) groups is 1. The van der Waals surface area contributed by atoms with Crippen molar-refractivity contribution in [3.63, 3.8) is 0 Å². The summed E-state index contributed by atoms with van der Waals surface area (Å²) < 4.78 is 152. The van der Waals surface area contributed by atoms with Crippen molar-refractivity contribution in [2.45, 2.75) is 65.7 Å². The van der Waals surface area contributed by atoms with Gasteiger partial charge in [-0.25, -0.2) is 37.1 Å². The van der Waals surface area contributed by atoms with E-state index in [9.17, 15) is 53.5 Å². The van der Waals surface area contributed by atoms with Gasteiger partial charge in [0.05, 0.1) is 30.2 Å². The minimum atomic E-state index is -5.64. The summed E-state index contributed by atoms with van der Waals surface area (Å²) in [6.45, 7) is 5.62. The average molecular weight is 665 g/mol. The monoisotopic (exact) mass is 664 g/mol. The first kappa shape index (κ1) is 36.8. The van der Waals surface area contributed by atoms with Crippen LogP contribution in [0.25, 0.3) is 0 Å². The van der Waals surface area contributed by atoms with E-state index >= 15 is 0 Å². The van der Waals surface area contributed by atoms with Crippen LogP contribution in [0, 0.1) is 11.8 Å². The maximum Gasteiger partial charge on any atom is 0.434 e. The molecule has 0 amide bonds. The molecule has 0 bridgehead atoms. The van der Waals surface area contributed by atoms with Gasteiger partial charge in [0.15, 0.2) is 11.4 Å². The second-order valence-corrected chi connectivity index (χ2v) is 10.7. The summed E-state index contributed by atoms with van der Waals surface area (Å²) in [5.41, 5.74) is -14.4. The van der Waals surface area contributed by atoms with E-state index in [-0.39, 0.29) is 0 Å². The molecule has 2 aromatic heterocycles. The normalized spacial score (nSPS) is 12.5. The van der Waals surface area contributed by atoms with E-state index < -0.39 is 123 Å². The van der Waals surface area contributed by atoms with Gasteiger partial charge in [0, 0.05) is 11.1 Å². The van der Waals surface area contributed by atoms with Gasteiger partial charge in [0.1, 0.15) is 11.4 Å². The van der Waals surface area contributed by atoms with Gasteiger partial charge in [-0.2, -0.15) is 26.3 Å². The van der Waals surface area contributed by atoms with Gasteiger partial charge in [-0.15, -0.1) is 0 Å². The van der Waals surface area contributed by atoms with E-state index in [1.807, 2.05) is 0 Å². The van der Waals surface area contributed by atoms with Crippen molar-refractivity contribution in [1.29, 1.82) is 0 Å². The van der Waals surface area contributed by atoms with Crippen LogP contribution in [-0.2, 0) is 34.7 Å². The number of nitrogens with zero attached hydrogens (tertiary/aromatic N) is 2. The van der Waals surface area contributed by atoms with Gasteiger partial charge in [-0.05, 0) is 35.8 Å². The van der Waals surface area contributed by atoms with Crippen molar-refractivity contribution in [2.24, 2.45) is 11.8 Å². The lowest BCUT2D eigenvalue weighted by Gasteiger charge is -2.26. The molecule has 44 heavy (non-hydrogen) atoms. The Bertz CT molecular complexity index is 1330. The highest BCUT2D eigenvalue weighted by Gasteiger charge is 2.46. The highest BCUT2D eigenvalue weighted by molar-refractivity contribution is 7.81. The number of alkyl halides is 10. The summed E-state index contributed by atoms with van der Waals surface area (Å²) in [6, 6.07) is 0. The van der Waals surface area contributed by atoms with Crippen molar-refractivity contribution < 1.29 is 63.0 Å². The number of pyridine rings is 2. The minimum absolute atomic E-state index is 0.626. The van der Waals surface area contributed by atoms with Crippen LogP contribution in [0.5, 0.6) is 0 Å². The standard InChI is InChI=1S/C27H26F10N2O4S/c1-9(2)7-11-13(24(40)42-5)17(22(28)29)38-20(26(32,33)34)15(11)19(44)16-12(8-10(3)4)14(25(41)43-6)18(23(30)31)39-21(16)27(35,36)37/h9-10,22-23H,7-8H2,1-6H3. The number of hydrogen-bond donors (Lipinski definition) is 0. The second kappa shape index (κ2) is 13.7. The maximum absolute atomic E-state index is 14.5. The third kappa shape index (κ3) is 7.64. The Balaban J connectivity index is 3.43. The molecule has 6 nitrogen and oxygen atoms in total. The number of hydrogen-bond acceptors (Lipinski definition) is 7. The SMILES string of the molecule is COC(=O)c1c(C(F)F)nc(C(F)(F)F)c(C(=S)c2c(C(F)(F)F)nc(C(F)F)c(C(=O)OC)c2CC(C)C)c1CC(C)C. The Labute approximate surface area is 250 Å². The van der Waals surface area contributed by atoms with Crippen LogP contribution in [-0.4, -0.2) is 41.0 Å². The average Bonchev–Trinajstić information content (AvgIpc) is 2.88. The minimum Gasteiger partial charge on any atom is -0.465 e. The van der Waals surface area contributed by atoms with Gasteiger partial charge in [-0.1, -0.05) is 39.9 Å². The maximum atomic E-state index is 14.5. The Morgan fingerprint density at radius 3 is 1.16 bits per heavy atom. The van der Waals surface area contributed by atoms with Crippen LogP contribution >= 0.6 is 12.2 Å². The predicted octanol–water partition coefficient (Wildman–Crippen LogP) is 8.13. The molecule has 0 atom stereocenters. The Morgan fingerprint density at radius 2 is 0.955 bits per heavy atom. The highest BCUT2D eigenvalue weighted by atomic mass is 32.1. The molecule has 2 rings (SSSR count). The third-order valence-electron chi connectivity index (χ3n) is 6.07. The summed E-state index contributed by atoms with van der Waals surface area (Å²) in [7, 11) is 1.45. The van der Waals surface area contributed by atoms with E-state index in [0.29, 0.717) is 0 Å². The smallest absolute Gasteiger partial charge is 0.434 e. The molecule has 0 saturated heterocycles. The van der Waals surface area contributed by atoms with Gasteiger partial charge in [-0.3, -0.25) is 0 Å². The van der Waals surface area contributed by atoms with Crippen LogP contribution in [0.3, 0.4) is 0 Å². The lowest BCUT2D eigenvalue weighted by atomic mass is 9.83. The zero-order chi connectivity index (χ0) is 34.1. The van der Waals surface area contributed by atoms with Gasteiger partial charge in [0.2, 0.25) is 0 Å². The van der Waals surface area contributed by atoms with Crippen LogP contribution in [0.15, 0.2) is 0 Å². The molecule has 0 aliphatic rings. The summed E-state index contributed by atoms with van der Waals surface area (Å²) in [5.74, 6) is -4.59. The highest BCUT2D eigenvalue weighted by Crippen LogP contribution is 2.43. The topological polar surface area (TPSA) is 78.4 Å². The Morgan fingerprint density at radius 1 is 0.659 bits per heavy atom. The lowest BCUT2D eigenvalue weighted by Crippen LogP contribution is -2.29. The van der Waals surface area contributed by atoms with E-state index in [4.69, 9.17) is 12.2 Å². The van der Waals surface area contributed by atoms with Gasteiger partial charge in [0.25, 0.3) is 12.9 Å². The number of halogens is 10. The summed E-state index contributed by atoms with van der Waals surface area (Å²) >= 11 is 5.20. The largest absolute Gasteiger partial charge is 0.465 e. The summed E-state index contributed by atoms with van der Waals surface area (Å²) in [6.07, 6.45) is -20.1. The lowest BCUT2D eigenvalue weighted by molar-refractivity contribution is -0.142. The molecule has 0 fully saturated rings. The Hall–Kier alpha value is -3.37. The molecule has 2 heterocycles. The van der Waals surface area contributed by atoms with E-state index in [0.717, 1.165) is 14.2 Å². The first-order chi connectivity index (χ1) is 20.1. The molecule has 2 aromatic rings. The fraction of sp³-hybridized carbons (Fsp3) is 0.519. The van der Waals surface area contributed by atoms with Crippen molar-refractivity contribution in [3.05, 3.63) is 56.2 Å². The quantitative estimate of drug-likeness (QED) is 0.110. The number of carbonyl (C=O) groups excluding carboxylic acids is 2. The van der Waals surface area contributed by atoms with E-state index in [2.05, 4.69) is 19.4 Å². The first-order valence-corrected chi connectivity index (χ1v) is 13.1. The van der Waals surface area contributed by atoms with E-state index in [1.165, 1.54) is 27.7 Å². The second-order valence-electron chi connectivity index (χ2n) is 10.3. The molecule has 244 valence electrons. The number of ether oxygens (including phenoxy) is 2. The van der Waals surface area contributed by atoms with Crippen LogP contribution in [0.1, 0.15) is 106 Å². The van der Waals surface area contributed by atoms with Crippen molar-refractivity contribution in [2.75, 3.05) is 14.2 Å². The number of aromatic nitrogens is 2. The summed E-state index contributed by atoms with van der Waals surface area (Å²) in [5, 5.41) is 0. The zero-order valence-corrected chi connectivity index (χ0v) is 24.8. The van der Waals surface area contributed by atoms with Crippen LogP contribution in [0.4, 0.5) is 43.9 Å². The molecule has 0 aromatic carbocycles. The predicted molar refractivity (Wildman–Crippen MR) is 139 cm³/mol. The van der Waals surface area contributed by atoms with Crippen molar-refractivity contribution in [3.8, 4) is 0 Å². The zero-order valence-electron chi connectivity index (χ0n) is 23.9. The molecule has 0 N–H and O–H groups in total. The fourth-order valence-corrected chi connectivity index (χ4v) is 4.97. The molecule has 0 saturated carbocycles. The number of carbonyl (C=O) groups is 2. The summed E-state index contributed by atoms with van der Waals surface area (Å²) in [4.78, 5) is 29.9. The first-order valence-electron chi connectivity index (χ1n) is 12.6. The van der Waals surface area contributed by atoms with Crippen molar-refractivity contribution >= 4 is 29.0 Å². The number of methoxy groups -OCH3 is 2. The molecular formula is C27H26F10N2O4S. The third-order valence-corrected chi connectivity index (χ3v) is 6.47. The molecule has 0 aliphatic heterocycles. The van der Waals surface area contributed by atoms with Gasteiger partial charge < -0.3 is 9.47 Å². The number of rotatable bonds is 10. The molecular weight excluding hydrogens is 638 g/mol. The van der Waals surface area contributed by atoms with Crippen LogP contribution in [0.2, 0.25) is 0 Å². The molecule has 0 unspecified atom stereocenters. The van der Waals surface area contributed by atoms with Crippen molar-refractivity contribution in [1.82, 2.24) is 9.97 Å². The Kier molecular flexibility index (Phi) is 11.5. The molecule has 17 heteroatoms. The van der Waals surface area contributed by atoms with E-state index in [1.54, 1.807) is 0 Å². The van der Waals surface area contributed by atoms with Gasteiger partial charge >= 0.3 is 24.3 Å². The molecule has 0 radical (unpaired) electrons.